The highest BCUT2D eigenvalue weighted by atomic mass is 16.5. The number of amides is 1. The van der Waals surface area contributed by atoms with E-state index in [1.807, 2.05) is 49.2 Å². The van der Waals surface area contributed by atoms with Gasteiger partial charge in [-0.2, -0.15) is 0 Å². The number of carbonyl (C=O) groups is 1. The predicted octanol–water partition coefficient (Wildman–Crippen LogP) is 4.38. The van der Waals surface area contributed by atoms with Gasteiger partial charge in [-0.1, -0.05) is 13.8 Å². The van der Waals surface area contributed by atoms with Gasteiger partial charge in [-0.05, 0) is 80.5 Å². The monoisotopic (exact) mass is 706 g/mol. The third-order valence-electron chi connectivity index (χ3n) is 11.4. The molecule has 4 aliphatic rings. The molecule has 12 nitrogen and oxygen atoms in total. The summed E-state index contributed by atoms with van der Waals surface area (Å²) in [5.74, 6) is 1.02. The average molecular weight is 707 g/mol. The van der Waals surface area contributed by atoms with Gasteiger partial charge in [-0.15, -0.1) is 0 Å². The van der Waals surface area contributed by atoms with E-state index in [0.717, 1.165) is 62.5 Å². The van der Waals surface area contributed by atoms with Crippen LogP contribution in [0.5, 0.6) is 0 Å². The number of pyridine rings is 3. The summed E-state index contributed by atoms with van der Waals surface area (Å²) >= 11 is 0. The minimum atomic E-state index is -0.315. The molecule has 12 heteroatoms. The molecule has 0 unspecified atom stereocenters. The molecule has 4 aromatic heterocycles. The smallest absolute Gasteiger partial charge is 0.276 e. The first-order chi connectivity index (χ1) is 24.9. The van der Waals surface area contributed by atoms with Crippen molar-refractivity contribution < 1.29 is 14.6 Å². The zero-order valence-corrected chi connectivity index (χ0v) is 31.2. The predicted molar refractivity (Wildman–Crippen MR) is 203 cm³/mol. The molecule has 1 atom stereocenters. The normalized spacial score (nSPS) is 20.3. The molecule has 1 N–H and O–H groups in total. The maximum Gasteiger partial charge on any atom is 0.276 e. The van der Waals surface area contributed by atoms with Crippen LogP contribution in [0.1, 0.15) is 61.9 Å². The van der Waals surface area contributed by atoms with Gasteiger partial charge in [0, 0.05) is 81.1 Å². The van der Waals surface area contributed by atoms with Gasteiger partial charge in [0.2, 0.25) is 0 Å². The van der Waals surface area contributed by atoms with Crippen molar-refractivity contribution in [2.45, 2.75) is 78.7 Å². The van der Waals surface area contributed by atoms with E-state index in [9.17, 15) is 14.7 Å². The molecular weight excluding hydrogens is 656 g/mol. The lowest BCUT2D eigenvalue weighted by Crippen LogP contribution is -2.59. The number of aromatic nitrogens is 4. The Hall–Kier alpha value is -4.52. The Morgan fingerprint density at radius 2 is 1.85 bits per heavy atom. The maximum absolute atomic E-state index is 14.0. The van der Waals surface area contributed by atoms with E-state index < -0.39 is 0 Å². The van der Waals surface area contributed by atoms with Crippen LogP contribution >= 0.6 is 0 Å². The number of rotatable bonds is 8. The van der Waals surface area contributed by atoms with Gasteiger partial charge in [0.25, 0.3) is 11.5 Å². The third-order valence-corrected chi connectivity index (χ3v) is 11.4. The van der Waals surface area contributed by atoms with E-state index in [0.29, 0.717) is 53.8 Å². The molecule has 0 radical (unpaired) electrons. The van der Waals surface area contributed by atoms with Crippen molar-refractivity contribution in [1.82, 2.24) is 24.0 Å². The molecule has 4 aromatic rings. The number of carbonyl (C=O) groups excluding carboxylic acids is 1. The fourth-order valence-electron chi connectivity index (χ4n) is 8.76. The summed E-state index contributed by atoms with van der Waals surface area (Å²) < 4.78 is 9.18. The molecule has 274 valence electrons. The second kappa shape index (κ2) is 13.2. The van der Waals surface area contributed by atoms with Crippen molar-refractivity contribution in [1.29, 1.82) is 0 Å². The lowest BCUT2D eigenvalue weighted by molar-refractivity contribution is -0.0691. The summed E-state index contributed by atoms with van der Waals surface area (Å²) in [6, 6.07) is 10.7. The van der Waals surface area contributed by atoms with Crippen LogP contribution in [0.3, 0.4) is 0 Å². The van der Waals surface area contributed by atoms with Gasteiger partial charge in [-0.25, -0.2) is 9.97 Å². The summed E-state index contributed by atoms with van der Waals surface area (Å²) in [5, 5.41) is 10.8. The second-order valence-corrected chi connectivity index (χ2v) is 16.0. The van der Waals surface area contributed by atoms with E-state index in [1.165, 1.54) is 11.3 Å². The highest BCUT2D eigenvalue weighted by Crippen LogP contribution is 2.40. The van der Waals surface area contributed by atoms with Gasteiger partial charge >= 0.3 is 0 Å². The Balaban J connectivity index is 1.09. The molecular formula is C40H50N8O4. The summed E-state index contributed by atoms with van der Waals surface area (Å²) in [4.78, 5) is 46.0. The number of fused-ring (bicyclic) bond motifs is 3. The summed E-state index contributed by atoms with van der Waals surface area (Å²) in [6.45, 7) is 16.3. The Morgan fingerprint density at radius 1 is 1.04 bits per heavy atom. The standard InChI is InChI=1S/C40H50N8O4/c1-25(2)48(36-8-7-29(19-42-36)45-12-11-44(20-26(45)3)30-23-52-24-30)34-16-28(21-43(6)38(34)50)31-9-10-41-37(32(31)22-49)47-14-13-46-33(39(47)51)15-27-17-40(4,5)18-35(27)46/h7-10,15-16,19,21,25-26,30,49H,11-14,17-18,20,22-24H2,1-6H3/t26-/m0/s1. The van der Waals surface area contributed by atoms with Crippen LogP contribution in [0.25, 0.3) is 11.1 Å². The first kappa shape index (κ1) is 34.6. The van der Waals surface area contributed by atoms with Gasteiger partial charge in [0.15, 0.2) is 0 Å². The Morgan fingerprint density at radius 3 is 2.52 bits per heavy atom. The molecule has 7 heterocycles. The Labute approximate surface area is 305 Å². The van der Waals surface area contributed by atoms with Crippen LogP contribution in [0.4, 0.5) is 23.0 Å². The first-order valence-electron chi connectivity index (χ1n) is 18.6. The lowest BCUT2D eigenvalue weighted by atomic mass is 9.90. The summed E-state index contributed by atoms with van der Waals surface area (Å²) in [6.07, 6.45) is 7.30. The van der Waals surface area contributed by atoms with Gasteiger partial charge in [0.1, 0.15) is 23.0 Å². The van der Waals surface area contributed by atoms with Crippen LogP contribution in [-0.2, 0) is 37.8 Å². The number of hydrogen-bond donors (Lipinski definition) is 1. The van der Waals surface area contributed by atoms with Gasteiger partial charge in [-0.3, -0.25) is 19.4 Å². The number of hydrogen-bond acceptors (Lipinski definition) is 9. The van der Waals surface area contributed by atoms with E-state index in [-0.39, 0.29) is 29.5 Å². The van der Waals surface area contributed by atoms with E-state index in [2.05, 4.69) is 46.2 Å². The van der Waals surface area contributed by atoms with Crippen LogP contribution < -0.4 is 20.3 Å². The first-order valence-corrected chi connectivity index (χ1v) is 18.6. The number of aliphatic hydroxyl groups excluding tert-OH is 1. The van der Waals surface area contributed by atoms with E-state index in [4.69, 9.17) is 9.72 Å². The highest BCUT2D eigenvalue weighted by molar-refractivity contribution is 6.06. The largest absolute Gasteiger partial charge is 0.392 e. The molecule has 0 saturated carbocycles. The van der Waals surface area contributed by atoms with Crippen LogP contribution in [0.2, 0.25) is 0 Å². The maximum atomic E-state index is 14.0. The number of ether oxygens (including phenoxy) is 1. The van der Waals surface area contributed by atoms with Crippen molar-refractivity contribution in [3.05, 3.63) is 81.8 Å². The summed E-state index contributed by atoms with van der Waals surface area (Å²) in [5.41, 5.74) is 6.79. The number of aliphatic hydroxyl groups is 1. The second-order valence-electron chi connectivity index (χ2n) is 16.0. The Bertz CT molecular complexity index is 2060. The number of piperazine rings is 1. The van der Waals surface area contributed by atoms with Gasteiger partial charge < -0.3 is 28.8 Å². The van der Waals surface area contributed by atoms with E-state index in [1.54, 1.807) is 28.9 Å². The zero-order valence-electron chi connectivity index (χ0n) is 31.2. The fraction of sp³-hybridized carbons (Fsp3) is 0.500. The molecule has 3 aliphatic heterocycles. The number of nitrogens with zero attached hydrogens (tertiary/aromatic N) is 8. The molecule has 0 spiro atoms. The molecule has 1 amide bonds. The van der Waals surface area contributed by atoms with Crippen molar-refractivity contribution in [3.8, 4) is 11.1 Å². The topological polar surface area (TPSA) is 112 Å². The van der Waals surface area contributed by atoms with Crippen molar-refractivity contribution >= 4 is 28.9 Å². The molecule has 2 saturated heterocycles. The minimum absolute atomic E-state index is 0.0758. The summed E-state index contributed by atoms with van der Waals surface area (Å²) in [7, 11) is 1.74. The number of anilines is 4. The fourth-order valence-corrected chi connectivity index (χ4v) is 8.76. The lowest BCUT2D eigenvalue weighted by Gasteiger charge is -2.46. The quantitative estimate of drug-likeness (QED) is 0.286. The van der Waals surface area contributed by atoms with Crippen LogP contribution in [-0.4, -0.2) is 92.5 Å². The molecule has 1 aliphatic carbocycles. The molecule has 52 heavy (non-hydrogen) atoms. The molecule has 8 rings (SSSR count). The SMILES string of the molecule is CC(C)N(c1ccc(N2CCN(C3COC3)C[C@@H]2C)cn1)c1cc(-c2ccnc(N3CCn4c(cc5c4CC(C)(C)C5)C3=O)c2CO)cn(C)c1=O. The average Bonchev–Trinajstić information content (AvgIpc) is 3.58. The van der Waals surface area contributed by atoms with Crippen LogP contribution in [0.15, 0.2) is 53.7 Å². The molecule has 0 aromatic carbocycles. The van der Waals surface area contributed by atoms with Crippen molar-refractivity contribution in [2.24, 2.45) is 12.5 Å². The third kappa shape index (κ3) is 5.90. The Kier molecular flexibility index (Phi) is 8.74. The molecule has 2 fully saturated rings. The zero-order chi connectivity index (χ0) is 36.5. The van der Waals surface area contributed by atoms with Crippen molar-refractivity contribution in [2.75, 3.05) is 54.1 Å². The van der Waals surface area contributed by atoms with E-state index >= 15 is 0 Å². The van der Waals surface area contributed by atoms with Crippen LogP contribution in [0, 0.1) is 5.41 Å². The number of aryl methyl sites for hydroxylation is 1. The molecule has 0 bridgehead atoms. The minimum Gasteiger partial charge on any atom is -0.392 e. The van der Waals surface area contributed by atoms with Gasteiger partial charge in [0.05, 0.1) is 37.7 Å². The highest BCUT2D eigenvalue weighted by Gasteiger charge is 2.38. The van der Waals surface area contributed by atoms with Crippen molar-refractivity contribution in [3.63, 3.8) is 0 Å².